The maximum Gasteiger partial charge on any atom is 0.340 e. The van der Waals surface area contributed by atoms with Crippen molar-refractivity contribution in [3.63, 3.8) is 0 Å². The minimum atomic E-state index is -0.486. The van der Waals surface area contributed by atoms with E-state index in [1.807, 2.05) is 57.7 Å². The standard InChI is InChI=1S/C27H36N4O5/c1-16-13-21-25(26-24(16)17(2)19(4)35-26)18(3)20(27(34)36-21)14-23(33)31-11-9-30(10-12-31)15-22(32)28-7-8-29(5)6/h13H,7-12,14-15H2,1-6H3,(H,28,32). The second-order valence-electron chi connectivity index (χ2n) is 10.0. The molecule has 0 bridgehead atoms. The van der Waals surface area contributed by atoms with Gasteiger partial charge >= 0.3 is 5.63 Å². The first-order chi connectivity index (χ1) is 17.1. The van der Waals surface area contributed by atoms with Gasteiger partial charge in [-0.3, -0.25) is 14.5 Å². The minimum Gasteiger partial charge on any atom is -0.460 e. The summed E-state index contributed by atoms with van der Waals surface area (Å²) >= 11 is 0. The minimum absolute atomic E-state index is 0.00836. The molecule has 194 valence electrons. The summed E-state index contributed by atoms with van der Waals surface area (Å²) in [6.07, 6.45) is -0.0246. The highest BCUT2D eigenvalue weighted by atomic mass is 16.4. The summed E-state index contributed by atoms with van der Waals surface area (Å²) in [4.78, 5) is 44.0. The zero-order chi connectivity index (χ0) is 26.1. The maximum atomic E-state index is 13.1. The van der Waals surface area contributed by atoms with Crippen LogP contribution in [-0.2, 0) is 16.0 Å². The molecule has 9 heteroatoms. The molecule has 2 aromatic heterocycles. The second-order valence-corrected chi connectivity index (χ2v) is 10.0. The van der Waals surface area contributed by atoms with Crippen LogP contribution in [0.4, 0.5) is 0 Å². The first-order valence-corrected chi connectivity index (χ1v) is 12.4. The van der Waals surface area contributed by atoms with Crippen LogP contribution in [0.2, 0.25) is 0 Å². The van der Waals surface area contributed by atoms with Crippen LogP contribution in [-0.4, -0.2) is 86.4 Å². The van der Waals surface area contributed by atoms with Crippen molar-refractivity contribution in [1.82, 2.24) is 20.0 Å². The quantitative estimate of drug-likeness (QED) is 0.501. The van der Waals surface area contributed by atoms with Crippen molar-refractivity contribution < 1.29 is 18.4 Å². The van der Waals surface area contributed by atoms with Crippen LogP contribution in [0, 0.1) is 27.7 Å². The van der Waals surface area contributed by atoms with Gasteiger partial charge in [0.2, 0.25) is 11.8 Å². The van der Waals surface area contributed by atoms with Gasteiger partial charge in [-0.2, -0.15) is 0 Å². The Labute approximate surface area is 211 Å². The van der Waals surface area contributed by atoms with E-state index in [9.17, 15) is 14.4 Å². The number of hydrogen-bond acceptors (Lipinski definition) is 7. The summed E-state index contributed by atoms with van der Waals surface area (Å²) in [6.45, 7) is 11.8. The van der Waals surface area contributed by atoms with Crippen molar-refractivity contribution in [2.24, 2.45) is 0 Å². The molecule has 0 atom stereocenters. The van der Waals surface area contributed by atoms with Crippen LogP contribution in [0.25, 0.3) is 21.9 Å². The summed E-state index contributed by atoms with van der Waals surface area (Å²) < 4.78 is 11.7. The Kier molecular flexibility index (Phi) is 7.51. The highest BCUT2D eigenvalue weighted by Crippen LogP contribution is 2.36. The predicted molar refractivity (Wildman–Crippen MR) is 139 cm³/mol. The Morgan fingerprint density at radius 1 is 1.00 bits per heavy atom. The fourth-order valence-electron chi connectivity index (χ4n) is 4.93. The number of furan rings is 1. The number of rotatable bonds is 7. The van der Waals surface area contributed by atoms with E-state index in [-0.39, 0.29) is 18.2 Å². The monoisotopic (exact) mass is 496 g/mol. The van der Waals surface area contributed by atoms with Crippen molar-refractivity contribution in [2.75, 3.05) is 59.9 Å². The highest BCUT2D eigenvalue weighted by Gasteiger charge is 2.26. The molecule has 1 saturated heterocycles. The van der Waals surface area contributed by atoms with Gasteiger partial charge in [0.1, 0.15) is 16.9 Å². The molecule has 1 aliphatic heterocycles. The Morgan fingerprint density at radius 3 is 2.36 bits per heavy atom. The molecular weight excluding hydrogens is 460 g/mol. The number of piperazine rings is 1. The van der Waals surface area contributed by atoms with Crippen LogP contribution in [0.1, 0.15) is 28.0 Å². The van der Waals surface area contributed by atoms with Gasteiger partial charge in [-0.15, -0.1) is 0 Å². The Bertz CT molecular complexity index is 1360. The molecule has 2 amide bonds. The average Bonchev–Trinajstić information content (AvgIpc) is 3.11. The van der Waals surface area contributed by atoms with E-state index in [1.54, 1.807) is 4.90 Å². The number of benzene rings is 1. The molecule has 1 fully saturated rings. The zero-order valence-corrected chi connectivity index (χ0v) is 22.1. The summed E-state index contributed by atoms with van der Waals surface area (Å²) in [5, 5.41) is 4.69. The predicted octanol–water partition coefficient (Wildman–Crippen LogP) is 2.14. The lowest BCUT2D eigenvalue weighted by atomic mass is 9.98. The molecule has 0 saturated carbocycles. The first-order valence-electron chi connectivity index (χ1n) is 12.4. The fraction of sp³-hybridized carbons (Fsp3) is 0.519. The number of fused-ring (bicyclic) bond motifs is 3. The Balaban J connectivity index is 1.46. The van der Waals surface area contributed by atoms with Crippen LogP contribution < -0.4 is 10.9 Å². The van der Waals surface area contributed by atoms with E-state index in [0.717, 1.165) is 39.8 Å². The van der Waals surface area contributed by atoms with Gasteiger partial charge in [-0.25, -0.2) is 4.79 Å². The Hall–Kier alpha value is -3.17. The third-order valence-electron chi connectivity index (χ3n) is 7.18. The van der Waals surface area contributed by atoms with Crippen molar-refractivity contribution >= 4 is 33.8 Å². The fourth-order valence-corrected chi connectivity index (χ4v) is 4.93. The second kappa shape index (κ2) is 10.4. The number of nitrogens with zero attached hydrogens (tertiary/aromatic N) is 3. The summed E-state index contributed by atoms with van der Waals surface area (Å²) in [5.74, 6) is 0.703. The molecular formula is C27H36N4O5. The van der Waals surface area contributed by atoms with Gasteiger partial charge in [-0.1, -0.05) is 0 Å². The van der Waals surface area contributed by atoms with Crippen LogP contribution in [0.15, 0.2) is 19.7 Å². The number of amides is 2. The lowest BCUT2D eigenvalue weighted by Crippen LogP contribution is -2.51. The van der Waals surface area contributed by atoms with Crippen molar-refractivity contribution in [3.05, 3.63) is 44.5 Å². The lowest BCUT2D eigenvalue weighted by molar-refractivity contribution is -0.132. The van der Waals surface area contributed by atoms with Gasteiger partial charge in [0.05, 0.1) is 23.9 Å². The molecule has 0 radical (unpaired) electrons. The molecule has 0 spiro atoms. The number of likely N-dealkylation sites (N-methyl/N-ethyl adjacent to an activating group) is 1. The van der Waals surface area contributed by atoms with Gasteiger partial charge < -0.3 is 24.0 Å². The van der Waals surface area contributed by atoms with Crippen LogP contribution in [0.3, 0.4) is 0 Å². The van der Waals surface area contributed by atoms with E-state index in [4.69, 9.17) is 8.83 Å². The largest absolute Gasteiger partial charge is 0.460 e. The van der Waals surface area contributed by atoms with E-state index in [1.165, 1.54) is 0 Å². The molecule has 36 heavy (non-hydrogen) atoms. The summed E-state index contributed by atoms with van der Waals surface area (Å²) in [7, 11) is 3.93. The smallest absolute Gasteiger partial charge is 0.340 e. The highest BCUT2D eigenvalue weighted by molar-refractivity contribution is 6.07. The summed E-state index contributed by atoms with van der Waals surface area (Å²) in [5.41, 5.74) is 3.84. The topological polar surface area (TPSA) is 99.2 Å². The SMILES string of the molecule is Cc1oc2c(c(C)cc3oc(=O)c(CC(=O)N4CCN(CC(=O)NCCN(C)C)CC4)c(C)c32)c1C. The van der Waals surface area contributed by atoms with Gasteiger partial charge in [0.25, 0.3) is 0 Å². The van der Waals surface area contributed by atoms with E-state index in [0.29, 0.717) is 56.0 Å². The van der Waals surface area contributed by atoms with Crippen molar-refractivity contribution in [1.29, 1.82) is 0 Å². The number of aryl methyl sites for hydroxylation is 4. The summed E-state index contributed by atoms with van der Waals surface area (Å²) in [6, 6.07) is 1.87. The molecule has 0 unspecified atom stereocenters. The van der Waals surface area contributed by atoms with Crippen molar-refractivity contribution in [3.8, 4) is 0 Å². The van der Waals surface area contributed by atoms with Crippen LogP contribution >= 0.6 is 0 Å². The van der Waals surface area contributed by atoms with E-state index < -0.39 is 5.63 Å². The molecule has 3 heterocycles. The Morgan fingerprint density at radius 2 is 1.69 bits per heavy atom. The number of carbonyl (C=O) groups is 2. The van der Waals surface area contributed by atoms with E-state index >= 15 is 0 Å². The molecule has 3 aromatic rings. The zero-order valence-electron chi connectivity index (χ0n) is 22.1. The van der Waals surface area contributed by atoms with Crippen molar-refractivity contribution in [2.45, 2.75) is 34.1 Å². The number of hydrogen-bond donors (Lipinski definition) is 1. The molecule has 4 rings (SSSR count). The average molecular weight is 497 g/mol. The lowest BCUT2D eigenvalue weighted by Gasteiger charge is -2.34. The molecule has 9 nitrogen and oxygen atoms in total. The maximum absolute atomic E-state index is 13.1. The number of nitrogens with one attached hydrogen (secondary N) is 1. The molecule has 1 N–H and O–H groups in total. The van der Waals surface area contributed by atoms with Gasteiger partial charge in [-0.05, 0) is 64.5 Å². The third-order valence-corrected chi connectivity index (χ3v) is 7.18. The molecule has 0 aliphatic carbocycles. The third kappa shape index (κ3) is 5.17. The van der Waals surface area contributed by atoms with Gasteiger partial charge in [0.15, 0.2) is 0 Å². The molecule has 1 aromatic carbocycles. The van der Waals surface area contributed by atoms with E-state index in [2.05, 4.69) is 5.32 Å². The molecule has 1 aliphatic rings. The normalized spacial score (nSPS) is 14.8. The number of carbonyl (C=O) groups excluding carboxylic acids is 2. The van der Waals surface area contributed by atoms with Gasteiger partial charge in [0, 0.05) is 44.7 Å². The first kappa shape index (κ1) is 25.9. The van der Waals surface area contributed by atoms with Crippen LogP contribution in [0.5, 0.6) is 0 Å².